The average Bonchev–Trinajstić information content (AvgIpc) is 3.24. The van der Waals surface area contributed by atoms with Crippen LogP contribution in [-0.4, -0.2) is 67.3 Å². The van der Waals surface area contributed by atoms with Gasteiger partial charge in [-0.15, -0.1) is 0 Å². The van der Waals surface area contributed by atoms with Crippen LogP contribution in [0.2, 0.25) is 0 Å². The lowest BCUT2D eigenvalue weighted by atomic mass is 10.1. The second kappa shape index (κ2) is 8.89. The SMILES string of the molecule is CN(C)CCNC(=O)c1cccc(CN2C(=O)C3CCCN3C(=O)c3ccccc32)c1. The molecule has 0 bridgehead atoms. The fourth-order valence-electron chi connectivity index (χ4n) is 4.26. The summed E-state index contributed by atoms with van der Waals surface area (Å²) in [6, 6.07) is 14.2. The van der Waals surface area contributed by atoms with Gasteiger partial charge >= 0.3 is 0 Å². The molecule has 2 aliphatic heterocycles. The number of para-hydroxylation sites is 1. The van der Waals surface area contributed by atoms with E-state index in [9.17, 15) is 14.4 Å². The van der Waals surface area contributed by atoms with Crippen molar-refractivity contribution < 1.29 is 14.4 Å². The molecule has 0 aromatic heterocycles. The van der Waals surface area contributed by atoms with Gasteiger partial charge in [0.1, 0.15) is 6.04 Å². The highest BCUT2D eigenvalue weighted by atomic mass is 16.2. The van der Waals surface area contributed by atoms with Crippen LogP contribution in [0.1, 0.15) is 39.1 Å². The zero-order valence-corrected chi connectivity index (χ0v) is 18.0. The molecule has 1 saturated heterocycles. The van der Waals surface area contributed by atoms with E-state index in [-0.39, 0.29) is 17.7 Å². The van der Waals surface area contributed by atoms with Gasteiger partial charge in [0.05, 0.1) is 17.8 Å². The largest absolute Gasteiger partial charge is 0.351 e. The van der Waals surface area contributed by atoms with Crippen molar-refractivity contribution in [3.8, 4) is 0 Å². The maximum Gasteiger partial charge on any atom is 0.256 e. The second-order valence-electron chi connectivity index (χ2n) is 8.36. The fourth-order valence-corrected chi connectivity index (χ4v) is 4.26. The summed E-state index contributed by atoms with van der Waals surface area (Å²) in [5.74, 6) is -0.275. The van der Waals surface area contributed by atoms with E-state index in [2.05, 4.69) is 5.32 Å². The summed E-state index contributed by atoms with van der Waals surface area (Å²) in [7, 11) is 3.91. The Bertz CT molecular complexity index is 1000. The van der Waals surface area contributed by atoms with Gasteiger partial charge in [-0.05, 0) is 56.8 Å². The summed E-state index contributed by atoms with van der Waals surface area (Å²) in [5, 5.41) is 2.92. The Kier molecular flexibility index (Phi) is 6.04. The summed E-state index contributed by atoms with van der Waals surface area (Å²) in [4.78, 5) is 44.4. The van der Waals surface area contributed by atoms with Crippen molar-refractivity contribution in [1.29, 1.82) is 0 Å². The summed E-state index contributed by atoms with van der Waals surface area (Å²) in [5.41, 5.74) is 2.60. The van der Waals surface area contributed by atoms with E-state index in [1.165, 1.54) is 0 Å². The predicted molar refractivity (Wildman–Crippen MR) is 119 cm³/mol. The summed E-state index contributed by atoms with van der Waals surface area (Å²) >= 11 is 0. The molecule has 1 unspecified atom stereocenters. The van der Waals surface area contributed by atoms with Gasteiger partial charge in [0, 0.05) is 25.2 Å². The summed E-state index contributed by atoms with van der Waals surface area (Å²) in [6.07, 6.45) is 1.52. The first-order valence-electron chi connectivity index (χ1n) is 10.7. The van der Waals surface area contributed by atoms with Gasteiger partial charge in [-0.2, -0.15) is 0 Å². The maximum atomic E-state index is 13.4. The van der Waals surface area contributed by atoms with Crippen molar-refractivity contribution in [3.05, 3.63) is 65.2 Å². The number of likely N-dealkylation sites (N-methyl/N-ethyl adjacent to an activating group) is 1. The van der Waals surface area contributed by atoms with Crippen LogP contribution in [-0.2, 0) is 11.3 Å². The van der Waals surface area contributed by atoms with Gasteiger partial charge < -0.3 is 20.0 Å². The number of nitrogens with zero attached hydrogens (tertiary/aromatic N) is 3. The molecule has 31 heavy (non-hydrogen) atoms. The highest BCUT2D eigenvalue weighted by Gasteiger charge is 2.41. The molecule has 2 aliphatic rings. The van der Waals surface area contributed by atoms with Crippen molar-refractivity contribution in [2.45, 2.75) is 25.4 Å². The van der Waals surface area contributed by atoms with Gasteiger partial charge in [-0.1, -0.05) is 24.3 Å². The van der Waals surface area contributed by atoms with Crippen LogP contribution in [0.15, 0.2) is 48.5 Å². The summed E-state index contributed by atoms with van der Waals surface area (Å²) < 4.78 is 0. The Morgan fingerprint density at radius 2 is 1.94 bits per heavy atom. The van der Waals surface area contributed by atoms with Crippen molar-refractivity contribution in [2.75, 3.05) is 38.6 Å². The summed E-state index contributed by atoms with van der Waals surface area (Å²) in [6.45, 7) is 2.25. The zero-order chi connectivity index (χ0) is 22.0. The first-order valence-corrected chi connectivity index (χ1v) is 10.7. The number of nitrogens with one attached hydrogen (secondary N) is 1. The Labute approximate surface area is 182 Å². The third-order valence-corrected chi connectivity index (χ3v) is 5.86. The molecule has 162 valence electrons. The standard InChI is InChI=1S/C24H28N4O3/c1-26(2)14-12-25-22(29)18-8-5-7-17(15-18)16-28-20-10-4-3-9-19(20)23(30)27-13-6-11-21(27)24(28)31/h3-5,7-10,15,21H,6,11-14,16H2,1-2H3,(H,25,29). The topological polar surface area (TPSA) is 73.0 Å². The van der Waals surface area contributed by atoms with Crippen molar-refractivity contribution in [2.24, 2.45) is 0 Å². The lowest BCUT2D eigenvalue weighted by Crippen LogP contribution is -2.44. The number of hydrogen-bond donors (Lipinski definition) is 1. The Balaban J connectivity index is 1.59. The maximum absolute atomic E-state index is 13.4. The van der Waals surface area contributed by atoms with Crippen LogP contribution in [0.25, 0.3) is 0 Å². The number of carbonyl (C=O) groups excluding carboxylic acids is 3. The third-order valence-electron chi connectivity index (χ3n) is 5.86. The lowest BCUT2D eigenvalue weighted by Gasteiger charge is -2.26. The minimum atomic E-state index is -0.419. The molecule has 4 rings (SSSR count). The van der Waals surface area contributed by atoms with E-state index in [1.807, 2.05) is 55.4 Å². The minimum absolute atomic E-state index is 0.0587. The Morgan fingerprint density at radius 1 is 1.13 bits per heavy atom. The smallest absolute Gasteiger partial charge is 0.256 e. The fraction of sp³-hybridized carbons (Fsp3) is 0.375. The van der Waals surface area contributed by atoms with Crippen molar-refractivity contribution in [3.63, 3.8) is 0 Å². The lowest BCUT2D eigenvalue weighted by molar-refractivity contribution is -0.122. The Hall–Kier alpha value is -3.19. The van der Waals surface area contributed by atoms with E-state index in [4.69, 9.17) is 0 Å². The van der Waals surface area contributed by atoms with Crippen LogP contribution < -0.4 is 10.2 Å². The van der Waals surface area contributed by atoms with Gasteiger partial charge in [0.25, 0.3) is 11.8 Å². The molecular weight excluding hydrogens is 392 g/mol. The molecule has 1 N–H and O–H groups in total. The van der Waals surface area contributed by atoms with Crippen LogP contribution in [0.4, 0.5) is 5.69 Å². The molecule has 2 heterocycles. The van der Waals surface area contributed by atoms with Gasteiger partial charge in [0.15, 0.2) is 0 Å². The number of anilines is 1. The first kappa shape index (κ1) is 21.1. The van der Waals surface area contributed by atoms with Crippen LogP contribution in [0.5, 0.6) is 0 Å². The zero-order valence-electron chi connectivity index (χ0n) is 18.0. The van der Waals surface area contributed by atoms with Crippen LogP contribution in [0, 0.1) is 0 Å². The van der Waals surface area contributed by atoms with E-state index in [0.29, 0.717) is 42.9 Å². The number of hydrogen-bond acceptors (Lipinski definition) is 4. The average molecular weight is 421 g/mol. The van der Waals surface area contributed by atoms with E-state index in [1.54, 1.807) is 21.9 Å². The Morgan fingerprint density at radius 3 is 2.74 bits per heavy atom. The van der Waals surface area contributed by atoms with E-state index >= 15 is 0 Å². The molecule has 2 aromatic carbocycles. The quantitative estimate of drug-likeness (QED) is 0.777. The monoisotopic (exact) mass is 420 g/mol. The molecule has 2 aromatic rings. The number of fused-ring (bicyclic) bond motifs is 2. The molecule has 0 radical (unpaired) electrons. The molecule has 7 nitrogen and oxygen atoms in total. The van der Waals surface area contributed by atoms with Crippen molar-refractivity contribution in [1.82, 2.24) is 15.1 Å². The van der Waals surface area contributed by atoms with Crippen LogP contribution >= 0.6 is 0 Å². The number of rotatable bonds is 6. The molecular formula is C24H28N4O3. The predicted octanol–water partition coefficient (Wildman–Crippen LogP) is 2.13. The van der Waals surface area contributed by atoms with Gasteiger partial charge in [-0.3, -0.25) is 14.4 Å². The normalized spacial score (nSPS) is 18.1. The highest BCUT2D eigenvalue weighted by Crippen LogP contribution is 2.33. The number of amides is 3. The van der Waals surface area contributed by atoms with Crippen molar-refractivity contribution >= 4 is 23.4 Å². The van der Waals surface area contributed by atoms with Crippen LogP contribution in [0.3, 0.4) is 0 Å². The molecule has 7 heteroatoms. The molecule has 1 fully saturated rings. The van der Waals surface area contributed by atoms with Gasteiger partial charge in [-0.25, -0.2) is 0 Å². The minimum Gasteiger partial charge on any atom is -0.351 e. The van der Waals surface area contributed by atoms with E-state index < -0.39 is 6.04 Å². The molecule has 0 aliphatic carbocycles. The molecule has 0 spiro atoms. The molecule has 1 atom stereocenters. The number of benzene rings is 2. The second-order valence-corrected chi connectivity index (χ2v) is 8.36. The first-order chi connectivity index (χ1) is 15.0. The van der Waals surface area contributed by atoms with E-state index in [0.717, 1.165) is 18.5 Å². The molecule has 0 saturated carbocycles. The highest BCUT2D eigenvalue weighted by molar-refractivity contribution is 6.11. The number of carbonyl (C=O) groups is 3. The molecule has 3 amide bonds. The third kappa shape index (κ3) is 4.32. The van der Waals surface area contributed by atoms with Gasteiger partial charge in [0.2, 0.25) is 5.91 Å².